The van der Waals surface area contributed by atoms with Crippen LogP contribution >= 0.6 is 0 Å². The number of benzene rings is 2. The van der Waals surface area contributed by atoms with E-state index in [-0.39, 0.29) is 11.3 Å². The van der Waals surface area contributed by atoms with Gasteiger partial charge in [-0.25, -0.2) is 17.5 Å². The Labute approximate surface area is 161 Å². The first-order valence-corrected chi connectivity index (χ1v) is 9.60. The Balaban J connectivity index is 1.86. The van der Waals surface area contributed by atoms with E-state index < -0.39 is 40.7 Å². The number of carbonyl (C=O) groups is 2. The third-order valence-corrected chi connectivity index (χ3v) is 4.52. The Hall–Kier alpha value is -3.04. The number of nitrogens with one attached hydrogen (secondary N) is 1. The van der Waals surface area contributed by atoms with Crippen molar-refractivity contribution in [1.29, 1.82) is 0 Å². The van der Waals surface area contributed by atoms with Crippen molar-refractivity contribution in [2.45, 2.75) is 0 Å². The first-order chi connectivity index (χ1) is 13.3. The number of methoxy groups -OCH3 is 1. The van der Waals surface area contributed by atoms with Crippen molar-refractivity contribution in [3.05, 3.63) is 70.9 Å². The summed E-state index contributed by atoms with van der Waals surface area (Å²) in [4.78, 5) is 23.8. The molecule has 0 aliphatic carbocycles. The zero-order valence-electron chi connectivity index (χ0n) is 14.9. The number of hydrogen-bond donors (Lipinski definition) is 1. The maximum Gasteiger partial charge on any atom is 0.321 e. The van der Waals surface area contributed by atoms with Gasteiger partial charge in [-0.2, -0.15) is 0 Å². The lowest BCUT2D eigenvalue weighted by atomic mass is 10.1. The number of ether oxygens (including phenoxy) is 2. The number of Topliss-reactive ketones (excluding diaryl/α,β-unsaturated/α-hetero) is 1. The minimum absolute atomic E-state index is 0.0818. The summed E-state index contributed by atoms with van der Waals surface area (Å²) >= 11 is 0. The molecule has 0 bridgehead atoms. The van der Waals surface area contributed by atoms with Crippen LogP contribution in [0.3, 0.4) is 0 Å². The summed E-state index contributed by atoms with van der Waals surface area (Å²) in [6, 6.07) is 12.1. The molecule has 28 heavy (non-hydrogen) atoms. The number of rotatable bonds is 9. The summed E-state index contributed by atoms with van der Waals surface area (Å²) in [6.45, 7) is -1.34. The molecule has 0 radical (unpaired) electrons. The zero-order valence-corrected chi connectivity index (χ0v) is 15.7. The Morgan fingerprint density at radius 3 is 2.54 bits per heavy atom. The monoisotopic (exact) mass is 407 g/mol. The lowest BCUT2D eigenvalue weighted by Gasteiger charge is -2.08. The summed E-state index contributed by atoms with van der Waals surface area (Å²) in [5.41, 5.74) is 0.590. The van der Waals surface area contributed by atoms with Gasteiger partial charge >= 0.3 is 5.97 Å². The highest BCUT2D eigenvalue weighted by Crippen LogP contribution is 2.19. The predicted molar refractivity (Wildman–Crippen MR) is 101 cm³/mol. The van der Waals surface area contributed by atoms with Gasteiger partial charge in [0.25, 0.3) is 0 Å². The molecule has 7 nitrogen and oxygen atoms in total. The van der Waals surface area contributed by atoms with E-state index in [0.717, 1.165) is 17.5 Å². The van der Waals surface area contributed by atoms with Gasteiger partial charge in [-0.1, -0.05) is 30.3 Å². The highest BCUT2D eigenvalue weighted by atomic mass is 32.2. The highest BCUT2D eigenvalue weighted by Gasteiger charge is 2.16. The molecule has 0 aliphatic rings. The molecule has 0 unspecified atom stereocenters. The van der Waals surface area contributed by atoms with E-state index in [2.05, 4.69) is 0 Å². The predicted octanol–water partition coefficient (Wildman–Crippen LogP) is 2.15. The molecular weight excluding hydrogens is 389 g/mol. The number of ketones is 1. The normalized spacial score (nSPS) is 11.4. The minimum Gasteiger partial charge on any atom is -0.496 e. The minimum atomic E-state index is -3.87. The molecule has 0 aromatic heterocycles. The summed E-state index contributed by atoms with van der Waals surface area (Å²) in [6.07, 6.45) is 1.37. The van der Waals surface area contributed by atoms with Crippen LogP contribution in [-0.4, -0.2) is 40.4 Å². The van der Waals surface area contributed by atoms with E-state index in [1.807, 2.05) is 4.72 Å². The van der Waals surface area contributed by atoms with Gasteiger partial charge in [0, 0.05) is 5.41 Å². The zero-order chi connectivity index (χ0) is 20.6. The van der Waals surface area contributed by atoms with Crippen molar-refractivity contribution in [2.24, 2.45) is 0 Å². The number of sulfonamides is 1. The third kappa shape index (κ3) is 6.60. The van der Waals surface area contributed by atoms with Crippen LogP contribution in [0, 0.1) is 5.82 Å². The largest absolute Gasteiger partial charge is 0.496 e. The smallest absolute Gasteiger partial charge is 0.321 e. The topological polar surface area (TPSA) is 98.8 Å². The Morgan fingerprint density at radius 1 is 1.14 bits per heavy atom. The number of hydrogen-bond acceptors (Lipinski definition) is 6. The third-order valence-electron chi connectivity index (χ3n) is 3.48. The Kier molecular flexibility index (Phi) is 7.42. The summed E-state index contributed by atoms with van der Waals surface area (Å²) in [7, 11) is -2.55. The van der Waals surface area contributed by atoms with Crippen LogP contribution in [-0.2, 0) is 19.6 Å². The molecule has 148 valence electrons. The quantitative estimate of drug-likeness (QED) is 0.505. The van der Waals surface area contributed by atoms with Crippen LogP contribution < -0.4 is 9.46 Å². The maximum atomic E-state index is 13.3. The van der Waals surface area contributed by atoms with Gasteiger partial charge in [-0.05, 0) is 29.8 Å². The average molecular weight is 407 g/mol. The van der Waals surface area contributed by atoms with Gasteiger partial charge in [0.05, 0.1) is 12.7 Å². The van der Waals surface area contributed by atoms with Crippen LogP contribution in [0.5, 0.6) is 5.75 Å². The Bertz CT molecular complexity index is 973. The molecule has 0 amide bonds. The van der Waals surface area contributed by atoms with E-state index in [1.165, 1.54) is 19.3 Å². The fourth-order valence-electron chi connectivity index (χ4n) is 2.11. The van der Waals surface area contributed by atoms with E-state index in [1.54, 1.807) is 30.3 Å². The lowest BCUT2D eigenvalue weighted by molar-refractivity contribution is -0.141. The van der Waals surface area contributed by atoms with Crippen LogP contribution in [0.25, 0.3) is 6.08 Å². The summed E-state index contributed by atoms with van der Waals surface area (Å²) in [5, 5.41) is 0.915. The van der Waals surface area contributed by atoms with Gasteiger partial charge in [0.1, 0.15) is 18.1 Å². The van der Waals surface area contributed by atoms with Crippen LogP contribution in [0.2, 0.25) is 0 Å². The van der Waals surface area contributed by atoms with Gasteiger partial charge in [-0.3, -0.25) is 9.59 Å². The van der Waals surface area contributed by atoms with Gasteiger partial charge in [0.2, 0.25) is 15.8 Å². The number of halogens is 1. The van der Waals surface area contributed by atoms with Crippen molar-refractivity contribution in [3.63, 3.8) is 0 Å². The molecule has 2 aromatic carbocycles. The van der Waals surface area contributed by atoms with Crippen molar-refractivity contribution in [1.82, 2.24) is 4.72 Å². The average Bonchev–Trinajstić information content (AvgIpc) is 2.70. The Morgan fingerprint density at radius 2 is 1.86 bits per heavy atom. The van der Waals surface area contributed by atoms with Crippen LogP contribution in [0.1, 0.15) is 15.9 Å². The highest BCUT2D eigenvalue weighted by molar-refractivity contribution is 7.92. The standard InChI is InChI=1S/C19H18FNO6S/c1-26-18-8-7-15(20)11-16(18)17(22)13-27-19(23)12-21-28(24,25)10-9-14-5-3-2-4-6-14/h2-11,21H,12-13H2,1H3/b10-9+. The van der Waals surface area contributed by atoms with Gasteiger partial charge < -0.3 is 9.47 Å². The number of carbonyl (C=O) groups excluding carboxylic acids is 2. The summed E-state index contributed by atoms with van der Waals surface area (Å²) in [5.74, 6) is -2.15. The molecule has 9 heteroatoms. The van der Waals surface area contributed by atoms with E-state index in [0.29, 0.717) is 5.56 Å². The lowest BCUT2D eigenvalue weighted by Crippen LogP contribution is -2.30. The van der Waals surface area contributed by atoms with Gasteiger partial charge in [-0.15, -0.1) is 0 Å². The molecule has 2 aromatic rings. The van der Waals surface area contributed by atoms with Crippen LogP contribution in [0.15, 0.2) is 53.9 Å². The molecule has 0 aliphatic heterocycles. The second-order valence-electron chi connectivity index (χ2n) is 5.51. The van der Waals surface area contributed by atoms with Crippen LogP contribution in [0.4, 0.5) is 4.39 Å². The first kappa shape index (κ1) is 21.3. The van der Waals surface area contributed by atoms with Crippen molar-refractivity contribution in [3.8, 4) is 5.75 Å². The molecule has 0 fully saturated rings. The molecule has 0 heterocycles. The second kappa shape index (κ2) is 9.77. The van der Waals surface area contributed by atoms with Crippen molar-refractivity contribution < 1.29 is 31.9 Å². The molecule has 1 N–H and O–H groups in total. The fraction of sp³-hybridized carbons (Fsp3) is 0.158. The van der Waals surface area contributed by atoms with Gasteiger partial charge in [0.15, 0.2) is 6.61 Å². The second-order valence-corrected chi connectivity index (χ2v) is 7.16. The molecule has 2 rings (SSSR count). The fourth-order valence-corrected chi connectivity index (χ4v) is 2.86. The molecular formula is C19H18FNO6S. The van der Waals surface area contributed by atoms with Crippen molar-refractivity contribution >= 4 is 27.9 Å². The first-order valence-electron chi connectivity index (χ1n) is 8.06. The SMILES string of the molecule is COc1ccc(F)cc1C(=O)COC(=O)CNS(=O)(=O)/C=C/c1ccccc1. The molecule has 0 saturated carbocycles. The molecule has 0 saturated heterocycles. The van der Waals surface area contributed by atoms with E-state index >= 15 is 0 Å². The summed E-state index contributed by atoms with van der Waals surface area (Å²) < 4.78 is 48.7. The molecule has 0 atom stereocenters. The maximum absolute atomic E-state index is 13.3. The van der Waals surface area contributed by atoms with E-state index in [9.17, 15) is 22.4 Å². The van der Waals surface area contributed by atoms with Crippen molar-refractivity contribution in [2.75, 3.05) is 20.3 Å². The van der Waals surface area contributed by atoms with E-state index in [4.69, 9.17) is 9.47 Å². The molecule has 0 spiro atoms. The number of esters is 1.